The molecule has 0 aliphatic heterocycles. The summed E-state index contributed by atoms with van der Waals surface area (Å²) in [5.41, 5.74) is 1.80. The zero-order valence-corrected chi connectivity index (χ0v) is 5.83. The van der Waals surface area contributed by atoms with Gasteiger partial charge in [0, 0.05) is 5.56 Å². The second-order valence-electron chi connectivity index (χ2n) is 1.92. The third kappa shape index (κ3) is 1.29. The van der Waals surface area contributed by atoms with Crippen LogP contribution in [0.2, 0.25) is 0 Å². The van der Waals surface area contributed by atoms with Crippen LogP contribution in [0.3, 0.4) is 0 Å². The van der Waals surface area contributed by atoms with Gasteiger partial charge in [0.05, 0.1) is 0 Å². The standard InChI is InChI=1S/C9H8N/c1-3-8-5-4-6-9(7-8)10-2/h1,4-7H,2H3/q-1. The second-order valence-corrected chi connectivity index (χ2v) is 1.92. The highest BCUT2D eigenvalue weighted by atomic mass is 14.8. The molecule has 1 aromatic rings. The van der Waals surface area contributed by atoms with Gasteiger partial charge in [-0.05, 0) is 6.07 Å². The van der Waals surface area contributed by atoms with Crippen LogP contribution >= 0.6 is 0 Å². The van der Waals surface area contributed by atoms with Gasteiger partial charge in [-0.1, -0.05) is 24.1 Å². The van der Waals surface area contributed by atoms with Crippen molar-refractivity contribution in [3.05, 3.63) is 35.1 Å². The zero-order valence-electron chi connectivity index (χ0n) is 5.83. The fraction of sp³-hybridized carbons (Fsp3) is 0.111. The average molecular weight is 130 g/mol. The number of benzene rings is 1. The molecule has 0 N–H and O–H groups in total. The molecule has 0 unspecified atom stereocenters. The number of rotatable bonds is 1. The summed E-state index contributed by atoms with van der Waals surface area (Å²) in [6, 6.07) is 7.58. The summed E-state index contributed by atoms with van der Waals surface area (Å²) in [4.78, 5) is 0. The highest BCUT2D eigenvalue weighted by Crippen LogP contribution is 2.15. The molecule has 0 bridgehead atoms. The molecule has 0 radical (unpaired) electrons. The van der Waals surface area contributed by atoms with Gasteiger partial charge in [-0.3, -0.25) is 0 Å². The van der Waals surface area contributed by atoms with E-state index in [0.29, 0.717) is 0 Å². The molecule has 1 rings (SSSR count). The van der Waals surface area contributed by atoms with E-state index in [-0.39, 0.29) is 0 Å². The van der Waals surface area contributed by atoms with Crippen molar-refractivity contribution in [2.75, 3.05) is 7.05 Å². The first kappa shape index (κ1) is 6.70. The fourth-order valence-corrected chi connectivity index (χ4v) is 0.735. The normalized spacial score (nSPS) is 8.40. The van der Waals surface area contributed by atoms with E-state index < -0.39 is 0 Å². The van der Waals surface area contributed by atoms with E-state index >= 15 is 0 Å². The Morgan fingerprint density at radius 2 is 2.30 bits per heavy atom. The molecule has 1 nitrogen and oxygen atoms in total. The van der Waals surface area contributed by atoms with Gasteiger partial charge in [-0.2, -0.15) is 0 Å². The Kier molecular flexibility index (Phi) is 1.96. The highest BCUT2D eigenvalue weighted by molar-refractivity contribution is 5.52. The molecule has 0 saturated heterocycles. The fourth-order valence-electron chi connectivity index (χ4n) is 0.735. The first-order valence-electron chi connectivity index (χ1n) is 3.03. The SMILES string of the molecule is C#Cc1cccc([N-]C)c1. The van der Waals surface area contributed by atoms with Crippen LogP contribution < -0.4 is 0 Å². The maximum absolute atomic E-state index is 5.18. The summed E-state index contributed by atoms with van der Waals surface area (Å²) in [7, 11) is 1.75. The van der Waals surface area contributed by atoms with E-state index in [4.69, 9.17) is 6.42 Å². The van der Waals surface area contributed by atoms with Crippen LogP contribution in [0.5, 0.6) is 0 Å². The van der Waals surface area contributed by atoms with Crippen LogP contribution in [-0.2, 0) is 0 Å². The van der Waals surface area contributed by atoms with Crippen molar-refractivity contribution in [1.82, 2.24) is 0 Å². The lowest BCUT2D eigenvalue weighted by Gasteiger charge is -2.12. The molecule has 0 amide bonds. The van der Waals surface area contributed by atoms with Gasteiger partial charge in [-0.15, -0.1) is 19.2 Å². The summed E-state index contributed by atoms with van der Waals surface area (Å²) in [5.74, 6) is 2.54. The van der Waals surface area contributed by atoms with Crippen molar-refractivity contribution in [2.45, 2.75) is 0 Å². The lowest BCUT2D eigenvalue weighted by atomic mass is 10.2. The summed E-state index contributed by atoms with van der Waals surface area (Å²) in [5, 5.41) is 3.98. The van der Waals surface area contributed by atoms with Crippen molar-refractivity contribution < 1.29 is 0 Å². The number of hydrogen-bond acceptors (Lipinski definition) is 0. The van der Waals surface area contributed by atoms with Gasteiger partial charge in [0.25, 0.3) is 0 Å². The number of terminal acetylenes is 1. The summed E-state index contributed by atoms with van der Waals surface area (Å²) < 4.78 is 0. The van der Waals surface area contributed by atoms with Crippen molar-refractivity contribution >= 4 is 5.69 Å². The van der Waals surface area contributed by atoms with E-state index in [2.05, 4.69) is 11.2 Å². The molecule has 0 saturated carbocycles. The number of hydrogen-bond donors (Lipinski definition) is 0. The summed E-state index contributed by atoms with van der Waals surface area (Å²) in [6.07, 6.45) is 5.18. The van der Waals surface area contributed by atoms with E-state index in [1.807, 2.05) is 24.3 Å². The van der Waals surface area contributed by atoms with Crippen molar-refractivity contribution in [3.63, 3.8) is 0 Å². The largest absolute Gasteiger partial charge is 0.687 e. The zero-order chi connectivity index (χ0) is 7.40. The lowest BCUT2D eigenvalue weighted by Crippen LogP contribution is -1.71. The van der Waals surface area contributed by atoms with Crippen molar-refractivity contribution in [2.24, 2.45) is 0 Å². The van der Waals surface area contributed by atoms with E-state index in [9.17, 15) is 0 Å². The van der Waals surface area contributed by atoms with Crippen LogP contribution in [0.25, 0.3) is 5.32 Å². The highest BCUT2D eigenvalue weighted by Gasteiger charge is 1.81. The van der Waals surface area contributed by atoms with Gasteiger partial charge in [0.1, 0.15) is 0 Å². The third-order valence-corrected chi connectivity index (χ3v) is 1.27. The molecular formula is C9H8N-. The van der Waals surface area contributed by atoms with Crippen molar-refractivity contribution in [3.8, 4) is 12.3 Å². The molecule has 0 aliphatic carbocycles. The molecule has 0 fully saturated rings. The smallest absolute Gasteiger partial charge is 0.0230 e. The quantitative estimate of drug-likeness (QED) is 0.518. The minimum absolute atomic E-state index is 0.878. The Hall–Kier alpha value is -1.42. The van der Waals surface area contributed by atoms with Gasteiger partial charge in [-0.25, -0.2) is 0 Å². The topological polar surface area (TPSA) is 14.1 Å². The van der Waals surface area contributed by atoms with Crippen LogP contribution in [0, 0.1) is 12.3 Å². The van der Waals surface area contributed by atoms with Crippen molar-refractivity contribution in [1.29, 1.82) is 0 Å². The molecule has 0 atom stereocenters. The minimum atomic E-state index is 0.878. The molecule has 1 heteroatoms. The first-order valence-corrected chi connectivity index (χ1v) is 3.03. The molecule has 0 spiro atoms. The maximum atomic E-state index is 5.18. The molecule has 0 aromatic heterocycles. The molecule has 1 aromatic carbocycles. The predicted octanol–water partition coefficient (Wildman–Crippen LogP) is 2.30. The minimum Gasteiger partial charge on any atom is -0.687 e. The monoisotopic (exact) mass is 130 g/mol. The van der Waals surface area contributed by atoms with Crippen LogP contribution in [0.4, 0.5) is 5.69 Å². The second kappa shape index (κ2) is 2.93. The van der Waals surface area contributed by atoms with Crippen LogP contribution in [0.15, 0.2) is 24.3 Å². The van der Waals surface area contributed by atoms with Gasteiger partial charge >= 0.3 is 0 Å². The predicted molar refractivity (Wildman–Crippen MR) is 43.3 cm³/mol. The maximum Gasteiger partial charge on any atom is 0.0230 e. The summed E-state index contributed by atoms with van der Waals surface area (Å²) >= 11 is 0. The molecule has 0 aliphatic rings. The Labute approximate surface area is 61.1 Å². The van der Waals surface area contributed by atoms with Gasteiger partial charge < -0.3 is 5.32 Å². The molecular weight excluding hydrogens is 122 g/mol. The lowest BCUT2D eigenvalue weighted by molar-refractivity contribution is 1.59. The van der Waals surface area contributed by atoms with Gasteiger partial charge in [0.15, 0.2) is 0 Å². The van der Waals surface area contributed by atoms with Crippen LogP contribution in [0.1, 0.15) is 5.56 Å². The molecule has 50 valence electrons. The Morgan fingerprint density at radius 1 is 1.50 bits per heavy atom. The van der Waals surface area contributed by atoms with E-state index in [0.717, 1.165) is 11.3 Å². The number of nitrogens with zero attached hydrogens (tertiary/aromatic N) is 1. The Morgan fingerprint density at radius 3 is 2.90 bits per heavy atom. The van der Waals surface area contributed by atoms with E-state index in [1.54, 1.807) is 7.05 Å². The molecule has 10 heavy (non-hydrogen) atoms. The first-order chi connectivity index (χ1) is 4.86. The average Bonchev–Trinajstić information content (AvgIpc) is 2.05. The molecule has 0 heterocycles. The van der Waals surface area contributed by atoms with Crippen LogP contribution in [-0.4, -0.2) is 7.05 Å². The summed E-state index contributed by atoms with van der Waals surface area (Å²) in [6.45, 7) is 0. The Balaban J connectivity index is 3.01. The van der Waals surface area contributed by atoms with E-state index in [1.165, 1.54) is 0 Å². The Bertz CT molecular complexity index is 258. The van der Waals surface area contributed by atoms with Gasteiger partial charge in [0.2, 0.25) is 0 Å². The third-order valence-electron chi connectivity index (χ3n) is 1.27.